The average Bonchev–Trinajstić information content (AvgIpc) is 0.728. The van der Waals surface area contributed by atoms with Gasteiger partial charge in [0, 0.05) is 57.7 Å². The highest BCUT2D eigenvalue weighted by Crippen LogP contribution is 2.47. The van der Waals surface area contributed by atoms with Crippen molar-refractivity contribution >= 4 is 114 Å². The molecule has 2 heterocycles. The third-order valence-corrected chi connectivity index (χ3v) is 23.5. The first kappa shape index (κ1) is 70.3. The van der Waals surface area contributed by atoms with E-state index in [9.17, 15) is 71.7 Å². The number of rotatable bonds is 19. The molecular weight excluding hydrogens is 1350 g/mol. The maximum atomic E-state index is 15.2. The summed E-state index contributed by atoms with van der Waals surface area (Å²) in [6.07, 6.45) is 4.99. The Morgan fingerprint density at radius 1 is 0.594 bits per heavy atom. The number of nitrogens with two attached hydrogens (primary N) is 1. The second-order valence-corrected chi connectivity index (χ2v) is 32.0. The van der Waals surface area contributed by atoms with E-state index in [1.54, 1.807) is 6.92 Å². The number of nitrogens with one attached hydrogen (secondary N) is 4. The highest BCUT2D eigenvalue weighted by molar-refractivity contribution is 7.89. The van der Waals surface area contributed by atoms with Crippen LogP contribution in [0.1, 0.15) is 113 Å². The fourth-order valence-corrected chi connectivity index (χ4v) is 18.6. The van der Waals surface area contributed by atoms with Gasteiger partial charge in [-0.15, -0.1) is 0 Å². The second-order valence-electron chi connectivity index (χ2n) is 24.8. The summed E-state index contributed by atoms with van der Waals surface area (Å²) in [6, 6.07) is 15.2. The number of nitrogens with zero attached hydrogens (tertiary/aromatic N) is 4. The molecule has 12 N–H and O–H groups in total. The third kappa shape index (κ3) is 14.7. The Balaban J connectivity index is 0.977. The number of carboxylic acid groups (broad SMARTS) is 2. The van der Waals surface area contributed by atoms with E-state index in [-0.39, 0.29) is 130 Å². The molecule has 0 radical (unpaired) electrons. The van der Waals surface area contributed by atoms with Gasteiger partial charge in [0.2, 0.25) is 27.9 Å². The van der Waals surface area contributed by atoms with Gasteiger partial charge in [0.1, 0.15) is 30.9 Å². The number of benzene rings is 6. The van der Waals surface area contributed by atoms with Gasteiger partial charge in [-0.2, -0.15) is 48.6 Å². The Labute approximate surface area is 553 Å². The fraction of sp³-hybridized carbons (Fsp3) is 0.333. The van der Waals surface area contributed by atoms with Crippen LogP contribution < -0.4 is 31.8 Å². The first-order chi connectivity index (χ1) is 44.7. The molecule has 6 atom stereocenters. The minimum atomic E-state index is -5.36. The zero-order valence-electron chi connectivity index (χ0n) is 52.8. The summed E-state index contributed by atoms with van der Waals surface area (Å²) in [5, 5.41) is 27.4. The SMILES string of the molecule is Cc1cc(C)c(S(=O)(=O)O)c(C)c1N=c1cc2oc3cc(Nc4c(C)cc(C)c(S(=O)(=O)O)c4C)c(S(=O)(=O)O)cc3c(-c3ccccc3S(=O)(=O)NC3CCC(CC4CCC(Nc5nc(N)nc(Nc6cc(C(=O)O)cc(C(=O)O)c6)n5)C(C)C4)CC3C)c-2cc1S(=O)(=O)O. The van der Waals surface area contributed by atoms with Crippen LogP contribution in [0.25, 0.3) is 33.4 Å². The van der Waals surface area contributed by atoms with E-state index in [0.717, 1.165) is 56.0 Å². The minimum absolute atomic E-state index is 0.00889. The molecule has 0 spiro atoms. The van der Waals surface area contributed by atoms with Gasteiger partial charge in [0.15, 0.2) is 0 Å². The second kappa shape index (κ2) is 26.1. The maximum Gasteiger partial charge on any atom is 0.335 e. The molecule has 28 nitrogen and oxygen atoms in total. The van der Waals surface area contributed by atoms with Crippen molar-refractivity contribution in [2.45, 2.75) is 137 Å². The van der Waals surface area contributed by atoms with Crippen molar-refractivity contribution in [3.05, 3.63) is 129 Å². The van der Waals surface area contributed by atoms with Crippen LogP contribution in [0.4, 0.5) is 40.6 Å². The van der Waals surface area contributed by atoms with Gasteiger partial charge in [-0.05, 0) is 180 Å². The van der Waals surface area contributed by atoms with Crippen molar-refractivity contribution in [3.63, 3.8) is 0 Å². The summed E-state index contributed by atoms with van der Waals surface area (Å²) in [5.74, 6) is -2.52. The van der Waals surface area contributed by atoms with E-state index < -0.39 is 99.1 Å². The Bertz CT molecular complexity index is 5170. The summed E-state index contributed by atoms with van der Waals surface area (Å²) in [7, 11) is -25.1. The van der Waals surface area contributed by atoms with Gasteiger partial charge in [0.05, 0.1) is 32.8 Å². The van der Waals surface area contributed by atoms with Crippen LogP contribution in [0.5, 0.6) is 0 Å². The molecule has 1 aliphatic heterocycles. The first-order valence-corrected chi connectivity index (χ1v) is 37.2. The van der Waals surface area contributed by atoms with Gasteiger partial charge in [-0.25, -0.2) is 27.7 Å². The van der Waals surface area contributed by atoms with Crippen LogP contribution in [0.15, 0.2) is 113 Å². The Morgan fingerprint density at radius 3 is 1.73 bits per heavy atom. The summed E-state index contributed by atoms with van der Waals surface area (Å²) in [6.45, 7) is 12.7. The molecule has 6 aromatic rings. The van der Waals surface area contributed by atoms with E-state index >= 15 is 8.42 Å². The molecule has 0 amide bonds. The van der Waals surface area contributed by atoms with Gasteiger partial charge >= 0.3 is 11.9 Å². The minimum Gasteiger partial charge on any atom is -0.478 e. The lowest BCUT2D eigenvalue weighted by atomic mass is 9.71. The van der Waals surface area contributed by atoms with Crippen molar-refractivity contribution in [2.75, 3.05) is 21.7 Å². The van der Waals surface area contributed by atoms with E-state index in [0.29, 0.717) is 36.3 Å². The van der Waals surface area contributed by atoms with Crippen LogP contribution in [-0.4, -0.2) is 109 Å². The van der Waals surface area contributed by atoms with Gasteiger partial charge in [0.25, 0.3) is 40.5 Å². The van der Waals surface area contributed by atoms with Crippen LogP contribution >= 0.6 is 0 Å². The van der Waals surface area contributed by atoms with Crippen LogP contribution in [0.2, 0.25) is 0 Å². The maximum absolute atomic E-state index is 15.2. The molecule has 10 rings (SSSR count). The number of fused-ring (bicyclic) bond motifs is 2. The number of sulfonamides is 1. The summed E-state index contributed by atoms with van der Waals surface area (Å²) < 4.78 is 188. The standard InChI is InChI=1S/C63H69N9O19S5/c1-29-19-37(13-15-45(29)68-63-70-61(64)69-62(71-63)65-41-23-39(59(73)74)22-40(24-41)60(75)76)21-38-14-16-46(30(2)20-38)72-92(77,78)51-12-10-9-11-42(51)54-43-25-52(93(79,80)81)47(66-55-31(3)17-33(5)57(35(55)7)95(85,86)87)27-49(43)91-50-28-48(53(26-44(50)54)94(82,83)84)67-56-32(4)18-34(6)58(36(56)8)96(88,89)90/h9-12,17-18,22-30,37-38,45-46,66,72H,13-16,19-21H2,1-8H3,(H,73,74)(H,75,76)(H,79,80,81)(H,82,83,84)(H,85,86,87)(H,88,89,90)(H4,64,65,68,69,70,71). The number of carbonyl (C=O) groups is 2. The van der Waals surface area contributed by atoms with Gasteiger partial charge in [-0.3, -0.25) is 18.2 Å². The zero-order valence-corrected chi connectivity index (χ0v) is 56.9. The summed E-state index contributed by atoms with van der Waals surface area (Å²) in [4.78, 5) is 37.6. The van der Waals surface area contributed by atoms with E-state index in [1.165, 1.54) is 83.1 Å². The largest absolute Gasteiger partial charge is 0.478 e. The summed E-state index contributed by atoms with van der Waals surface area (Å²) in [5.41, 5.74) is 5.05. The molecule has 2 saturated carbocycles. The van der Waals surface area contributed by atoms with Crippen molar-refractivity contribution in [1.29, 1.82) is 0 Å². The van der Waals surface area contributed by atoms with E-state index in [1.807, 2.05) is 6.92 Å². The first-order valence-electron chi connectivity index (χ1n) is 30.0. The third-order valence-electron chi connectivity index (χ3n) is 17.9. The molecule has 6 unspecified atom stereocenters. The normalized spacial score (nSPS) is 19.1. The van der Waals surface area contributed by atoms with Crippen molar-refractivity contribution < 1.29 is 84.5 Å². The Hall–Kier alpha value is -8.51. The van der Waals surface area contributed by atoms with E-state index in [2.05, 4.69) is 47.5 Å². The topological polar surface area (TPSA) is 465 Å². The van der Waals surface area contributed by atoms with E-state index in [4.69, 9.17) is 10.2 Å². The molecule has 96 heavy (non-hydrogen) atoms. The monoisotopic (exact) mass is 1420 g/mol. The number of nitrogen functional groups attached to an aromatic ring is 1. The Kier molecular flexibility index (Phi) is 19.1. The van der Waals surface area contributed by atoms with Gasteiger partial charge < -0.3 is 36.3 Å². The molecule has 1 aromatic heterocycles. The number of carboxylic acids is 2. The smallest absolute Gasteiger partial charge is 0.335 e. The average molecular weight is 1420 g/mol. The van der Waals surface area contributed by atoms with Crippen LogP contribution in [0.3, 0.4) is 0 Å². The highest BCUT2D eigenvalue weighted by Gasteiger charge is 2.37. The van der Waals surface area contributed by atoms with Crippen molar-refractivity contribution in [1.82, 2.24) is 19.7 Å². The number of aryl methyl sites for hydroxylation is 4. The predicted molar refractivity (Wildman–Crippen MR) is 354 cm³/mol. The fourth-order valence-electron chi connectivity index (χ4n) is 13.8. The number of anilines is 6. The number of aromatic carboxylic acids is 2. The predicted octanol–water partition coefficient (Wildman–Crippen LogP) is 10.3. The molecule has 0 saturated heterocycles. The lowest BCUT2D eigenvalue weighted by Crippen LogP contribution is -2.43. The van der Waals surface area contributed by atoms with Crippen LogP contribution in [-0.2, 0) is 50.5 Å². The number of hydrogen-bond acceptors (Lipinski definition) is 21. The highest BCUT2D eigenvalue weighted by atomic mass is 32.2. The van der Waals surface area contributed by atoms with Crippen molar-refractivity contribution in [3.8, 4) is 22.5 Å². The molecule has 5 aromatic carbocycles. The Morgan fingerprint density at radius 2 is 1.16 bits per heavy atom. The molecule has 0 bridgehead atoms. The quantitative estimate of drug-likeness (QED) is 0.0265. The molecule has 33 heteroatoms. The number of aromatic nitrogens is 3. The molecular formula is C63H69N9O19S5. The van der Waals surface area contributed by atoms with Crippen LogP contribution in [0, 0.1) is 65.2 Å². The van der Waals surface area contributed by atoms with Gasteiger partial charge in [-0.1, -0.05) is 44.2 Å². The summed E-state index contributed by atoms with van der Waals surface area (Å²) >= 11 is 0. The lowest BCUT2D eigenvalue weighted by molar-refractivity contribution is 0.0696. The lowest BCUT2D eigenvalue weighted by Gasteiger charge is -2.39. The zero-order chi connectivity index (χ0) is 70.2. The molecule has 2 fully saturated rings. The molecule has 510 valence electrons. The number of hydrogen-bond donors (Lipinski definition) is 11. The molecule has 3 aliphatic carbocycles. The van der Waals surface area contributed by atoms with Crippen molar-refractivity contribution in [2.24, 2.45) is 28.7 Å². The molecule has 4 aliphatic rings.